The van der Waals surface area contributed by atoms with Crippen LogP contribution in [0.1, 0.15) is 36.4 Å². The highest BCUT2D eigenvalue weighted by molar-refractivity contribution is 6.30. The second-order valence-corrected chi connectivity index (χ2v) is 6.62. The van der Waals surface area contributed by atoms with Crippen molar-refractivity contribution in [2.75, 3.05) is 6.54 Å². The minimum atomic E-state index is 0.673. The molecule has 0 bridgehead atoms. The van der Waals surface area contributed by atoms with Crippen molar-refractivity contribution in [2.24, 2.45) is 5.92 Å². The molecule has 1 aromatic carbocycles. The van der Waals surface area contributed by atoms with Gasteiger partial charge in [0.1, 0.15) is 0 Å². The van der Waals surface area contributed by atoms with Crippen LogP contribution in [0.3, 0.4) is 0 Å². The van der Waals surface area contributed by atoms with Gasteiger partial charge in [-0.2, -0.15) is 0 Å². The summed E-state index contributed by atoms with van der Waals surface area (Å²) in [7, 11) is 0. The zero-order chi connectivity index (χ0) is 15.6. The van der Waals surface area contributed by atoms with E-state index in [4.69, 9.17) is 11.6 Å². The minimum Gasteiger partial charge on any atom is -0.318 e. The van der Waals surface area contributed by atoms with Crippen LogP contribution in [-0.4, -0.2) is 11.1 Å². The van der Waals surface area contributed by atoms with Gasteiger partial charge in [0.25, 0.3) is 0 Å². The van der Waals surface area contributed by atoms with E-state index in [0.717, 1.165) is 18.1 Å². The van der Waals surface area contributed by atoms with E-state index in [1.165, 1.54) is 28.2 Å². The standard InChI is InChI=1S/C18H25ClN2/c1-12(2)10-20-11-16-9-14(4)21(15(16)5)18-7-6-17(19)8-13(18)3/h6-9,12,20H,10-11H2,1-5H3. The Morgan fingerprint density at radius 2 is 1.86 bits per heavy atom. The Kier molecular flexibility index (Phi) is 5.13. The third kappa shape index (κ3) is 3.69. The van der Waals surface area contributed by atoms with Gasteiger partial charge in [0.05, 0.1) is 0 Å². The van der Waals surface area contributed by atoms with Gasteiger partial charge in [-0.25, -0.2) is 0 Å². The number of nitrogens with zero attached hydrogens (tertiary/aromatic N) is 1. The van der Waals surface area contributed by atoms with Crippen LogP contribution in [-0.2, 0) is 6.54 Å². The van der Waals surface area contributed by atoms with E-state index >= 15 is 0 Å². The van der Waals surface area contributed by atoms with Crippen LogP contribution in [0.2, 0.25) is 5.02 Å². The van der Waals surface area contributed by atoms with Crippen LogP contribution in [0.15, 0.2) is 24.3 Å². The van der Waals surface area contributed by atoms with Gasteiger partial charge >= 0.3 is 0 Å². The molecule has 1 N–H and O–H groups in total. The molecule has 1 heterocycles. The molecule has 0 unspecified atom stereocenters. The average molecular weight is 305 g/mol. The first-order valence-corrected chi connectivity index (χ1v) is 7.93. The second-order valence-electron chi connectivity index (χ2n) is 6.19. The molecular formula is C18H25ClN2. The molecular weight excluding hydrogens is 280 g/mol. The molecule has 0 atom stereocenters. The lowest BCUT2D eigenvalue weighted by molar-refractivity contribution is 0.551. The Morgan fingerprint density at radius 1 is 1.14 bits per heavy atom. The van der Waals surface area contributed by atoms with Gasteiger partial charge in [0.15, 0.2) is 0 Å². The molecule has 0 fully saturated rings. The molecule has 1 aromatic heterocycles. The first kappa shape index (κ1) is 16.1. The summed E-state index contributed by atoms with van der Waals surface area (Å²) in [4.78, 5) is 0. The SMILES string of the molecule is Cc1cc(Cl)ccc1-n1c(C)cc(CNCC(C)C)c1C. The highest BCUT2D eigenvalue weighted by atomic mass is 35.5. The Labute approximate surface area is 133 Å². The average Bonchev–Trinajstić information content (AvgIpc) is 2.65. The zero-order valence-corrected chi connectivity index (χ0v) is 14.4. The summed E-state index contributed by atoms with van der Waals surface area (Å²) in [6.07, 6.45) is 0. The summed E-state index contributed by atoms with van der Waals surface area (Å²) in [5.74, 6) is 0.673. The first-order chi connectivity index (χ1) is 9.90. The molecule has 114 valence electrons. The Morgan fingerprint density at radius 3 is 2.48 bits per heavy atom. The van der Waals surface area contributed by atoms with Gasteiger partial charge < -0.3 is 9.88 Å². The predicted octanol–water partition coefficient (Wildman–Crippen LogP) is 4.80. The minimum absolute atomic E-state index is 0.673. The van der Waals surface area contributed by atoms with Crippen molar-refractivity contribution in [3.8, 4) is 5.69 Å². The van der Waals surface area contributed by atoms with Crippen molar-refractivity contribution >= 4 is 11.6 Å². The number of hydrogen-bond acceptors (Lipinski definition) is 1. The van der Waals surface area contributed by atoms with Gasteiger partial charge in [-0.1, -0.05) is 25.4 Å². The number of halogens is 1. The lowest BCUT2D eigenvalue weighted by Gasteiger charge is -2.14. The maximum Gasteiger partial charge on any atom is 0.0485 e. The smallest absolute Gasteiger partial charge is 0.0485 e. The monoisotopic (exact) mass is 304 g/mol. The van der Waals surface area contributed by atoms with Crippen molar-refractivity contribution in [1.29, 1.82) is 0 Å². The molecule has 2 nitrogen and oxygen atoms in total. The summed E-state index contributed by atoms with van der Waals surface area (Å²) < 4.78 is 2.32. The summed E-state index contributed by atoms with van der Waals surface area (Å²) in [6, 6.07) is 8.35. The number of aryl methyl sites for hydroxylation is 2. The largest absolute Gasteiger partial charge is 0.318 e. The lowest BCUT2D eigenvalue weighted by Crippen LogP contribution is -2.19. The molecule has 0 amide bonds. The van der Waals surface area contributed by atoms with Crippen molar-refractivity contribution in [3.63, 3.8) is 0 Å². The molecule has 21 heavy (non-hydrogen) atoms. The van der Waals surface area contributed by atoms with E-state index in [-0.39, 0.29) is 0 Å². The fourth-order valence-electron chi connectivity index (χ4n) is 2.74. The van der Waals surface area contributed by atoms with Crippen molar-refractivity contribution in [3.05, 3.63) is 51.8 Å². The zero-order valence-electron chi connectivity index (χ0n) is 13.6. The highest BCUT2D eigenvalue weighted by Crippen LogP contribution is 2.25. The summed E-state index contributed by atoms with van der Waals surface area (Å²) in [5.41, 5.74) is 6.34. The van der Waals surface area contributed by atoms with Gasteiger partial charge in [0, 0.05) is 28.6 Å². The summed E-state index contributed by atoms with van der Waals surface area (Å²) in [6.45, 7) is 12.9. The van der Waals surface area contributed by atoms with E-state index in [2.05, 4.69) is 56.6 Å². The van der Waals surface area contributed by atoms with Crippen LogP contribution in [0, 0.1) is 26.7 Å². The van der Waals surface area contributed by atoms with Crippen LogP contribution in [0.25, 0.3) is 5.69 Å². The molecule has 0 aliphatic rings. The second kappa shape index (κ2) is 6.67. The van der Waals surface area contributed by atoms with E-state index in [9.17, 15) is 0 Å². The maximum atomic E-state index is 6.07. The molecule has 0 saturated carbocycles. The maximum absolute atomic E-state index is 6.07. The van der Waals surface area contributed by atoms with E-state index < -0.39 is 0 Å². The lowest BCUT2D eigenvalue weighted by atomic mass is 10.2. The number of nitrogens with one attached hydrogen (secondary N) is 1. The fourth-order valence-corrected chi connectivity index (χ4v) is 2.97. The Hall–Kier alpha value is -1.25. The predicted molar refractivity (Wildman–Crippen MR) is 91.5 cm³/mol. The number of aromatic nitrogens is 1. The quantitative estimate of drug-likeness (QED) is 0.839. The topological polar surface area (TPSA) is 17.0 Å². The van der Waals surface area contributed by atoms with Crippen LogP contribution in [0.4, 0.5) is 0 Å². The van der Waals surface area contributed by atoms with Gasteiger partial charge in [-0.05, 0) is 68.6 Å². The number of hydrogen-bond donors (Lipinski definition) is 1. The molecule has 0 spiro atoms. The first-order valence-electron chi connectivity index (χ1n) is 7.55. The van der Waals surface area contributed by atoms with Crippen molar-refractivity contribution in [2.45, 2.75) is 41.2 Å². The fraction of sp³-hybridized carbons (Fsp3) is 0.444. The molecule has 0 radical (unpaired) electrons. The third-order valence-corrected chi connectivity index (χ3v) is 4.04. The van der Waals surface area contributed by atoms with Crippen LogP contribution in [0.5, 0.6) is 0 Å². The summed E-state index contributed by atoms with van der Waals surface area (Å²) >= 11 is 6.07. The van der Waals surface area contributed by atoms with Gasteiger partial charge in [0.2, 0.25) is 0 Å². The number of rotatable bonds is 5. The van der Waals surface area contributed by atoms with Crippen LogP contribution < -0.4 is 5.32 Å². The molecule has 2 aromatic rings. The molecule has 0 aliphatic heterocycles. The number of benzene rings is 1. The Balaban J connectivity index is 2.30. The van der Waals surface area contributed by atoms with Gasteiger partial charge in [-0.15, -0.1) is 0 Å². The molecule has 2 rings (SSSR count). The van der Waals surface area contributed by atoms with Gasteiger partial charge in [-0.3, -0.25) is 0 Å². The highest BCUT2D eigenvalue weighted by Gasteiger charge is 2.12. The Bertz CT molecular complexity index is 626. The van der Waals surface area contributed by atoms with E-state index in [0.29, 0.717) is 5.92 Å². The van der Waals surface area contributed by atoms with E-state index in [1.807, 2.05) is 12.1 Å². The van der Waals surface area contributed by atoms with Crippen LogP contribution >= 0.6 is 11.6 Å². The third-order valence-electron chi connectivity index (χ3n) is 3.80. The molecule has 0 saturated heterocycles. The molecule has 3 heteroatoms. The summed E-state index contributed by atoms with van der Waals surface area (Å²) in [5, 5.41) is 4.31. The van der Waals surface area contributed by atoms with Crippen molar-refractivity contribution < 1.29 is 0 Å². The molecule has 0 aliphatic carbocycles. The van der Waals surface area contributed by atoms with E-state index in [1.54, 1.807) is 0 Å². The normalized spacial score (nSPS) is 11.4. The van der Waals surface area contributed by atoms with Crippen molar-refractivity contribution in [1.82, 2.24) is 9.88 Å².